The second-order valence-electron chi connectivity index (χ2n) is 9.04. The number of amides is 3. The van der Waals surface area contributed by atoms with Crippen LogP contribution >= 0.6 is 23.1 Å². The maximum Gasteiger partial charge on any atom is 0.308 e. The van der Waals surface area contributed by atoms with Gasteiger partial charge in [-0.15, -0.1) is 0 Å². The highest BCUT2D eigenvalue weighted by Crippen LogP contribution is 2.54. The number of carbonyl (C=O) groups is 3. The summed E-state index contributed by atoms with van der Waals surface area (Å²) >= 11 is 2.27. The van der Waals surface area contributed by atoms with E-state index in [1.165, 1.54) is 21.2 Å². The van der Waals surface area contributed by atoms with Crippen molar-refractivity contribution in [1.29, 1.82) is 0 Å². The zero-order valence-corrected chi connectivity index (χ0v) is 20.5. The minimum atomic E-state index is -0.733. The number of nitrogens with zero attached hydrogens (tertiary/aromatic N) is 2. The van der Waals surface area contributed by atoms with E-state index < -0.39 is 16.6 Å². The Labute approximate surface area is 204 Å². The largest absolute Gasteiger partial charge is 0.324 e. The van der Waals surface area contributed by atoms with Crippen molar-refractivity contribution >= 4 is 52.2 Å². The van der Waals surface area contributed by atoms with Crippen LogP contribution in [0.4, 0.5) is 11.4 Å². The summed E-state index contributed by atoms with van der Waals surface area (Å²) in [6.07, 6.45) is 0. The lowest BCUT2D eigenvalue weighted by Gasteiger charge is -2.36. The molecule has 2 aliphatic heterocycles. The molecule has 0 radical (unpaired) electrons. The topological polar surface area (TPSA) is 88.5 Å². The van der Waals surface area contributed by atoms with Crippen molar-refractivity contribution in [3.63, 3.8) is 0 Å². The molecule has 2 aromatic carbocycles. The Balaban J connectivity index is 1.48. The SMILES string of the molecule is Cc1ccccc1NC(=O)Cn1c2c(sc1=O)C(C)(C)C1C(=O)N(c3ccccc3)C(=O)C1S2. The molecule has 3 aromatic rings. The predicted octanol–water partition coefficient (Wildman–Crippen LogP) is 3.80. The third-order valence-corrected chi connectivity index (χ3v) is 9.26. The molecule has 9 heteroatoms. The Bertz CT molecular complexity index is 1380. The molecule has 2 unspecified atom stereocenters. The number of hydrogen-bond acceptors (Lipinski definition) is 6. The number of anilines is 2. The number of rotatable bonds is 4. The standard InChI is InChI=1S/C25H23N3O4S2/c1-14-9-7-8-12-16(14)26-17(29)13-27-23-20(34-24(27)32)25(2,3)18-19(33-23)22(31)28(21(18)30)15-10-5-4-6-11-15/h4-12,18-19H,13H2,1-3H3,(H,26,29). The van der Waals surface area contributed by atoms with Crippen molar-refractivity contribution in [2.45, 2.75) is 43.0 Å². The minimum Gasteiger partial charge on any atom is -0.324 e. The molecular formula is C25H23N3O4S2. The summed E-state index contributed by atoms with van der Waals surface area (Å²) < 4.78 is 1.43. The lowest BCUT2D eigenvalue weighted by atomic mass is 9.76. The summed E-state index contributed by atoms with van der Waals surface area (Å²) in [6.45, 7) is 5.53. The van der Waals surface area contributed by atoms with Crippen LogP contribution in [0.5, 0.6) is 0 Å². The molecule has 1 aromatic heterocycles. The number of aryl methyl sites for hydroxylation is 1. The van der Waals surface area contributed by atoms with E-state index in [2.05, 4.69) is 5.32 Å². The van der Waals surface area contributed by atoms with Gasteiger partial charge in [0.15, 0.2) is 0 Å². The number of thiazole rings is 1. The molecule has 2 atom stereocenters. The first-order valence-electron chi connectivity index (χ1n) is 10.9. The van der Waals surface area contributed by atoms with E-state index in [1.807, 2.05) is 51.1 Å². The van der Waals surface area contributed by atoms with Gasteiger partial charge in [-0.05, 0) is 30.7 Å². The molecule has 0 spiro atoms. The van der Waals surface area contributed by atoms with Crippen LogP contribution < -0.4 is 15.1 Å². The Kier molecular flexibility index (Phi) is 5.49. The molecule has 0 saturated carbocycles. The Hall–Kier alpha value is -3.17. The molecule has 5 rings (SSSR count). The summed E-state index contributed by atoms with van der Waals surface area (Å²) in [5.41, 5.74) is 1.42. The number of nitrogens with one attached hydrogen (secondary N) is 1. The lowest BCUT2D eigenvalue weighted by Crippen LogP contribution is -2.41. The third-order valence-electron chi connectivity index (χ3n) is 6.44. The van der Waals surface area contributed by atoms with Crippen LogP contribution in [0.3, 0.4) is 0 Å². The molecule has 1 fully saturated rings. The Morgan fingerprint density at radius 2 is 1.68 bits per heavy atom. The Morgan fingerprint density at radius 1 is 1.00 bits per heavy atom. The molecule has 174 valence electrons. The molecule has 2 aliphatic rings. The first kappa shape index (κ1) is 22.6. The summed E-state index contributed by atoms with van der Waals surface area (Å²) in [5.74, 6) is -1.46. The monoisotopic (exact) mass is 493 g/mol. The molecule has 0 aliphatic carbocycles. The van der Waals surface area contributed by atoms with Crippen molar-refractivity contribution in [3.8, 4) is 0 Å². The van der Waals surface area contributed by atoms with E-state index in [0.29, 0.717) is 16.4 Å². The molecular weight excluding hydrogens is 470 g/mol. The van der Waals surface area contributed by atoms with Crippen LogP contribution in [0.2, 0.25) is 0 Å². The summed E-state index contributed by atoms with van der Waals surface area (Å²) in [5, 5.41) is 2.80. The molecule has 3 heterocycles. The van der Waals surface area contributed by atoms with Gasteiger partial charge in [-0.1, -0.05) is 73.3 Å². The number of imide groups is 1. The zero-order chi connectivity index (χ0) is 24.2. The number of aromatic nitrogens is 1. The zero-order valence-electron chi connectivity index (χ0n) is 18.9. The van der Waals surface area contributed by atoms with Gasteiger partial charge in [0.25, 0.3) is 0 Å². The van der Waals surface area contributed by atoms with Crippen molar-refractivity contribution in [2.75, 3.05) is 10.2 Å². The summed E-state index contributed by atoms with van der Waals surface area (Å²) in [6, 6.07) is 16.3. The number of benzene rings is 2. The summed E-state index contributed by atoms with van der Waals surface area (Å²) in [7, 11) is 0. The number of para-hydroxylation sites is 2. The smallest absolute Gasteiger partial charge is 0.308 e. The fraction of sp³-hybridized carbons (Fsp3) is 0.280. The van der Waals surface area contributed by atoms with E-state index in [-0.39, 0.29) is 29.1 Å². The van der Waals surface area contributed by atoms with E-state index in [4.69, 9.17) is 0 Å². The maximum absolute atomic E-state index is 13.4. The van der Waals surface area contributed by atoms with Crippen LogP contribution in [0, 0.1) is 12.8 Å². The molecule has 1 saturated heterocycles. The highest BCUT2D eigenvalue weighted by molar-refractivity contribution is 8.00. The predicted molar refractivity (Wildman–Crippen MR) is 133 cm³/mol. The quantitative estimate of drug-likeness (QED) is 0.559. The second-order valence-corrected chi connectivity index (χ2v) is 11.1. The molecule has 34 heavy (non-hydrogen) atoms. The van der Waals surface area contributed by atoms with Crippen LogP contribution in [-0.2, 0) is 26.3 Å². The van der Waals surface area contributed by atoms with Crippen molar-refractivity contribution < 1.29 is 14.4 Å². The van der Waals surface area contributed by atoms with Gasteiger partial charge in [0.1, 0.15) is 11.8 Å². The van der Waals surface area contributed by atoms with E-state index >= 15 is 0 Å². The highest BCUT2D eigenvalue weighted by Gasteiger charge is 2.59. The van der Waals surface area contributed by atoms with Gasteiger partial charge in [0.05, 0.1) is 16.6 Å². The highest BCUT2D eigenvalue weighted by atomic mass is 32.2. The molecule has 7 nitrogen and oxygen atoms in total. The average Bonchev–Trinajstić information content (AvgIpc) is 3.25. The van der Waals surface area contributed by atoms with Gasteiger partial charge in [0, 0.05) is 16.0 Å². The molecule has 0 bridgehead atoms. The maximum atomic E-state index is 13.4. The number of hydrogen-bond donors (Lipinski definition) is 1. The van der Waals surface area contributed by atoms with Gasteiger partial charge < -0.3 is 5.32 Å². The Morgan fingerprint density at radius 3 is 2.38 bits per heavy atom. The van der Waals surface area contributed by atoms with Gasteiger partial charge in [-0.2, -0.15) is 0 Å². The van der Waals surface area contributed by atoms with Crippen LogP contribution in [0.1, 0.15) is 24.3 Å². The number of carbonyl (C=O) groups excluding carboxylic acids is 3. The normalized spacial score (nSPS) is 20.7. The summed E-state index contributed by atoms with van der Waals surface area (Å²) in [4.78, 5) is 54.3. The van der Waals surface area contributed by atoms with Crippen LogP contribution in [0.25, 0.3) is 0 Å². The fourth-order valence-corrected chi connectivity index (χ4v) is 7.68. The van der Waals surface area contributed by atoms with Crippen molar-refractivity contribution in [1.82, 2.24) is 4.57 Å². The first-order chi connectivity index (χ1) is 16.2. The van der Waals surface area contributed by atoms with Gasteiger partial charge in [-0.3, -0.25) is 23.7 Å². The molecule has 3 amide bonds. The third kappa shape index (κ3) is 3.50. The van der Waals surface area contributed by atoms with Crippen molar-refractivity contribution in [2.24, 2.45) is 5.92 Å². The fourth-order valence-electron chi connectivity index (χ4n) is 4.64. The van der Waals surface area contributed by atoms with E-state index in [1.54, 1.807) is 24.3 Å². The average molecular weight is 494 g/mol. The van der Waals surface area contributed by atoms with Crippen LogP contribution in [-0.4, -0.2) is 27.5 Å². The molecule has 1 N–H and O–H groups in total. The van der Waals surface area contributed by atoms with E-state index in [9.17, 15) is 19.2 Å². The number of fused-ring (bicyclic) bond motifs is 2. The van der Waals surface area contributed by atoms with Gasteiger partial charge in [-0.25, -0.2) is 4.90 Å². The second kappa shape index (κ2) is 8.25. The minimum absolute atomic E-state index is 0.163. The van der Waals surface area contributed by atoms with Gasteiger partial charge >= 0.3 is 4.87 Å². The van der Waals surface area contributed by atoms with Crippen molar-refractivity contribution in [3.05, 3.63) is 74.7 Å². The van der Waals surface area contributed by atoms with E-state index in [0.717, 1.165) is 21.8 Å². The van der Waals surface area contributed by atoms with Gasteiger partial charge in [0.2, 0.25) is 17.7 Å². The van der Waals surface area contributed by atoms with Crippen LogP contribution in [0.15, 0.2) is 64.4 Å². The first-order valence-corrected chi connectivity index (χ1v) is 12.6. The number of thioether (sulfide) groups is 1. The lowest BCUT2D eigenvalue weighted by molar-refractivity contribution is -0.123.